The van der Waals surface area contributed by atoms with Crippen molar-refractivity contribution in [1.82, 2.24) is 0 Å². The van der Waals surface area contributed by atoms with Crippen molar-refractivity contribution >= 4 is 11.4 Å². The maximum atomic E-state index is 10.8. The summed E-state index contributed by atoms with van der Waals surface area (Å²) in [7, 11) is 0. The fourth-order valence-electron chi connectivity index (χ4n) is 2.14. The van der Waals surface area contributed by atoms with E-state index in [1.54, 1.807) is 19.1 Å². The van der Waals surface area contributed by atoms with Crippen LogP contribution in [-0.4, -0.2) is 37.3 Å². The van der Waals surface area contributed by atoms with Crippen LogP contribution in [0.25, 0.3) is 0 Å². The molecular formula is C12H17N3O3. The minimum absolute atomic E-state index is 0.0363. The largest absolute Gasteiger partial charge is 0.373 e. The van der Waals surface area contributed by atoms with Gasteiger partial charge in [-0.05, 0) is 19.1 Å². The van der Waals surface area contributed by atoms with Gasteiger partial charge in [0.25, 0.3) is 5.69 Å². The molecular weight excluding hydrogens is 234 g/mol. The van der Waals surface area contributed by atoms with Gasteiger partial charge in [-0.25, -0.2) is 0 Å². The number of hydrogen-bond donors (Lipinski definition) is 1. The molecule has 2 N–H and O–H groups in total. The minimum Gasteiger partial charge on any atom is -0.373 e. The van der Waals surface area contributed by atoms with Gasteiger partial charge in [-0.15, -0.1) is 0 Å². The molecule has 0 bridgehead atoms. The summed E-state index contributed by atoms with van der Waals surface area (Å²) < 4.78 is 5.50. The molecule has 0 spiro atoms. The molecule has 6 heteroatoms. The van der Waals surface area contributed by atoms with E-state index in [1.807, 2.05) is 6.07 Å². The molecule has 1 aromatic carbocycles. The number of morpholine rings is 1. The highest BCUT2D eigenvalue weighted by atomic mass is 16.6. The van der Waals surface area contributed by atoms with Crippen molar-refractivity contribution in [3.05, 3.63) is 33.9 Å². The van der Waals surface area contributed by atoms with Crippen LogP contribution in [0.15, 0.2) is 18.2 Å². The van der Waals surface area contributed by atoms with Crippen molar-refractivity contribution in [2.24, 2.45) is 5.73 Å². The molecule has 1 unspecified atom stereocenters. The number of ether oxygens (including phenoxy) is 1. The topological polar surface area (TPSA) is 81.6 Å². The number of nitrogens with two attached hydrogens (primary N) is 1. The lowest BCUT2D eigenvalue weighted by Crippen LogP contribution is -2.45. The first-order valence-electron chi connectivity index (χ1n) is 5.93. The zero-order chi connectivity index (χ0) is 13.1. The van der Waals surface area contributed by atoms with Gasteiger partial charge in [-0.2, -0.15) is 0 Å². The summed E-state index contributed by atoms with van der Waals surface area (Å²) >= 11 is 0. The normalized spacial score (nSPS) is 19.9. The highest BCUT2D eigenvalue weighted by Gasteiger charge is 2.20. The van der Waals surface area contributed by atoms with Crippen LogP contribution in [-0.2, 0) is 4.74 Å². The van der Waals surface area contributed by atoms with Crippen LogP contribution < -0.4 is 10.6 Å². The van der Waals surface area contributed by atoms with Gasteiger partial charge in [-0.1, -0.05) is 0 Å². The van der Waals surface area contributed by atoms with Crippen molar-refractivity contribution in [2.75, 3.05) is 31.1 Å². The van der Waals surface area contributed by atoms with Gasteiger partial charge < -0.3 is 15.4 Å². The maximum Gasteiger partial charge on any atom is 0.272 e. The zero-order valence-corrected chi connectivity index (χ0v) is 10.3. The molecule has 0 saturated carbocycles. The maximum absolute atomic E-state index is 10.8. The molecule has 0 amide bonds. The van der Waals surface area contributed by atoms with E-state index in [0.29, 0.717) is 18.7 Å². The van der Waals surface area contributed by atoms with Crippen molar-refractivity contribution in [3.8, 4) is 0 Å². The molecule has 1 atom stereocenters. The van der Waals surface area contributed by atoms with Gasteiger partial charge in [-0.3, -0.25) is 10.1 Å². The second kappa shape index (κ2) is 5.32. The number of nitro benzene ring substituents is 1. The van der Waals surface area contributed by atoms with E-state index in [-0.39, 0.29) is 16.7 Å². The van der Waals surface area contributed by atoms with Crippen LogP contribution in [0.1, 0.15) is 5.56 Å². The molecule has 1 fully saturated rings. The molecule has 1 saturated heterocycles. The summed E-state index contributed by atoms with van der Waals surface area (Å²) in [6, 6.07) is 5.18. The number of aryl methyl sites for hydroxylation is 1. The molecule has 2 rings (SSSR count). The summed E-state index contributed by atoms with van der Waals surface area (Å²) in [4.78, 5) is 12.6. The first-order valence-corrected chi connectivity index (χ1v) is 5.93. The zero-order valence-electron chi connectivity index (χ0n) is 10.3. The average Bonchev–Trinajstić information content (AvgIpc) is 2.38. The van der Waals surface area contributed by atoms with Crippen LogP contribution >= 0.6 is 0 Å². The third kappa shape index (κ3) is 2.60. The lowest BCUT2D eigenvalue weighted by Gasteiger charge is -2.34. The Morgan fingerprint density at radius 2 is 2.39 bits per heavy atom. The number of nitro groups is 1. The SMILES string of the molecule is Cc1cc(N2CCOC(CN)C2)ccc1[N+](=O)[O-]. The van der Waals surface area contributed by atoms with E-state index < -0.39 is 0 Å². The third-order valence-electron chi connectivity index (χ3n) is 3.14. The lowest BCUT2D eigenvalue weighted by atomic mass is 10.1. The molecule has 6 nitrogen and oxygen atoms in total. The molecule has 0 aromatic heterocycles. The Bertz CT molecular complexity index is 450. The quantitative estimate of drug-likeness (QED) is 0.642. The Hall–Kier alpha value is -1.66. The fourth-order valence-corrected chi connectivity index (χ4v) is 2.14. The Morgan fingerprint density at radius 3 is 3.00 bits per heavy atom. The fraction of sp³-hybridized carbons (Fsp3) is 0.500. The number of anilines is 1. The number of nitrogens with zero attached hydrogens (tertiary/aromatic N) is 2. The average molecular weight is 251 g/mol. The Balaban J connectivity index is 2.18. The van der Waals surface area contributed by atoms with E-state index in [0.717, 1.165) is 18.8 Å². The van der Waals surface area contributed by atoms with Gasteiger partial charge in [0.1, 0.15) is 0 Å². The predicted molar refractivity (Wildman–Crippen MR) is 68.8 cm³/mol. The number of hydrogen-bond acceptors (Lipinski definition) is 5. The monoisotopic (exact) mass is 251 g/mol. The summed E-state index contributed by atoms with van der Waals surface area (Å²) in [6.45, 7) is 4.39. The van der Waals surface area contributed by atoms with Crippen LogP contribution in [0.5, 0.6) is 0 Å². The van der Waals surface area contributed by atoms with Gasteiger partial charge >= 0.3 is 0 Å². The standard InChI is InChI=1S/C12H17N3O3/c1-9-6-10(2-3-12(9)15(16)17)14-4-5-18-11(7-13)8-14/h2-3,6,11H,4-5,7-8,13H2,1H3. The first-order chi connectivity index (χ1) is 8.61. The predicted octanol–water partition coefficient (Wildman–Crippen LogP) is 1.07. The Morgan fingerprint density at radius 1 is 1.61 bits per heavy atom. The molecule has 0 aliphatic carbocycles. The molecule has 0 radical (unpaired) electrons. The summed E-state index contributed by atoms with van der Waals surface area (Å²) in [5.74, 6) is 0. The number of rotatable bonds is 3. The highest BCUT2D eigenvalue weighted by molar-refractivity contribution is 5.55. The summed E-state index contributed by atoms with van der Waals surface area (Å²) in [5, 5.41) is 10.8. The van der Waals surface area contributed by atoms with E-state index in [4.69, 9.17) is 10.5 Å². The summed E-state index contributed by atoms with van der Waals surface area (Å²) in [5.41, 5.74) is 7.41. The third-order valence-corrected chi connectivity index (χ3v) is 3.14. The Kier molecular flexibility index (Phi) is 3.78. The van der Waals surface area contributed by atoms with E-state index in [1.165, 1.54) is 0 Å². The Labute approximate surface area is 105 Å². The van der Waals surface area contributed by atoms with Crippen molar-refractivity contribution < 1.29 is 9.66 Å². The van der Waals surface area contributed by atoms with Gasteiger partial charge in [0.05, 0.1) is 17.6 Å². The highest BCUT2D eigenvalue weighted by Crippen LogP contribution is 2.25. The number of benzene rings is 1. The van der Waals surface area contributed by atoms with E-state index in [2.05, 4.69) is 4.90 Å². The van der Waals surface area contributed by atoms with Crippen LogP contribution in [0.3, 0.4) is 0 Å². The van der Waals surface area contributed by atoms with E-state index in [9.17, 15) is 10.1 Å². The first kappa shape index (κ1) is 12.8. The second-order valence-corrected chi connectivity index (χ2v) is 4.40. The van der Waals surface area contributed by atoms with Crippen LogP contribution in [0.4, 0.5) is 11.4 Å². The molecule has 98 valence electrons. The molecule has 1 heterocycles. The van der Waals surface area contributed by atoms with Gasteiger partial charge in [0.15, 0.2) is 0 Å². The molecule has 1 aliphatic heterocycles. The molecule has 1 aliphatic rings. The smallest absolute Gasteiger partial charge is 0.272 e. The molecule has 18 heavy (non-hydrogen) atoms. The lowest BCUT2D eigenvalue weighted by molar-refractivity contribution is -0.385. The van der Waals surface area contributed by atoms with Gasteiger partial charge in [0.2, 0.25) is 0 Å². The van der Waals surface area contributed by atoms with Crippen molar-refractivity contribution in [3.63, 3.8) is 0 Å². The molecule has 1 aromatic rings. The van der Waals surface area contributed by atoms with E-state index >= 15 is 0 Å². The van der Waals surface area contributed by atoms with Crippen LogP contribution in [0.2, 0.25) is 0 Å². The van der Waals surface area contributed by atoms with Crippen molar-refractivity contribution in [1.29, 1.82) is 0 Å². The second-order valence-electron chi connectivity index (χ2n) is 4.40. The van der Waals surface area contributed by atoms with Gasteiger partial charge in [0, 0.05) is 37.0 Å². The van der Waals surface area contributed by atoms with Crippen molar-refractivity contribution in [2.45, 2.75) is 13.0 Å². The van der Waals surface area contributed by atoms with Crippen LogP contribution in [0, 0.1) is 17.0 Å². The summed E-state index contributed by atoms with van der Waals surface area (Å²) in [6.07, 6.45) is 0.0363. The minimum atomic E-state index is -0.360.